The summed E-state index contributed by atoms with van der Waals surface area (Å²) in [5, 5.41) is 20.0. The number of aliphatic hydroxyl groups is 2. The maximum atomic E-state index is 11.6. The number of nitrogen functional groups attached to an aromatic ring is 1. The number of hydrogen-bond donors (Lipinski definition) is 4. The second-order valence-electron chi connectivity index (χ2n) is 5.37. The Morgan fingerprint density at radius 2 is 2.23 bits per heavy atom. The van der Waals surface area contributed by atoms with Crippen LogP contribution in [0.4, 0.5) is 5.82 Å². The van der Waals surface area contributed by atoms with Gasteiger partial charge in [-0.3, -0.25) is 4.79 Å². The van der Waals surface area contributed by atoms with Crippen molar-refractivity contribution in [1.82, 2.24) is 14.5 Å². The molecule has 0 spiro atoms. The second kappa shape index (κ2) is 5.20. The van der Waals surface area contributed by atoms with E-state index >= 15 is 0 Å². The molecule has 9 heteroatoms. The Balaban J connectivity index is 2.16. The molecule has 0 saturated carbocycles. The van der Waals surface area contributed by atoms with Crippen molar-refractivity contribution in [3.63, 3.8) is 0 Å². The third kappa shape index (κ3) is 2.02. The minimum atomic E-state index is -0.871. The molecule has 1 unspecified atom stereocenters. The molecule has 0 radical (unpaired) electrons. The molecule has 22 heavy (non-hydrogen) atoms. The van der Waals surface area contributed by atoms with Crippen LogP contribution in [0.3, 0.4) is 0 Å². The van der Waals surface area contributed by atoms with Crippen molar-refractivity contribution in [2.45, 2.75) is 25.4 Å². The van der Waals surface area contributed by atoms with Gasteiger partial charge in [0.2, 0.25) is 0 Å². The molecule has 1 aliphatic rings. The van der Waals surface area contributed by atoms with E-state index in [2.05, 4.69) is 9.97 Å². The van der Waals surface area contributed by atoms with Crippen LogP contribution >= 0.6 is 0 Å². The van der Waals surface area contributed by atoms with E-state index in [4.69, 9.17) is 16.2 Å². The van der Waals surface area contributed by atoms with Crippen molar-refractivity contribution in [1.29, 1.82) is 0 Å². The Morgan fingerprint density at radius 3 is 2.82 bits per heavy atom. The Hall–Kier alpha value is -2.23. The van der Waals surface area contributed by atoms with Gasteiger partial charge in [-0.15, -0.1) is 0 Å². The largest absolute Gasteiger partial charge is 0.394 e. The lowest BCUT2D eigenvalue weighted by Gasteiger charge is -2.17. The standard InChI is InChI=1S/C13H17N5O4/c1-5-7(3-19)22-13(9(5)20)18-2-6(11(15)21)8-10(14)16-4-17-12(8)18/h2,4-5,7,9,13,19-20H,3H2,1H3,(H2,15,21)(H2,14,16,17)/t5-,7-,9-,13?/m1/s1. The first kappa shape index (κ1) is 14.7. The zero-order valence-electron chi connectivity index (χ0n) is 11.9. The fraction of sp³-hybridized carbons (Fsp3) is 0.462. The molecule has 0 aromatic carbocycles. The van der Waals surface area contributed by atoms with E-state index in [1.165, 1.54) is 17.1 Å². The first-order valence-corrected chi connectivity index (χ1v) is 6.81. The summed E-state index contributed by atoms with van der Waals surface area (Å²) in [6, 6.07) is 0. The molecule has 1 saturated heterocycles. The number of nitrogens with two attached hydrogens (primary N) is 2. The van der Waals surface area contributed by atoms with Gasteiger partial charge in [0.05, 0.1) is 23.7 Å². The fourth-order valence-corrected chi connectivity index (χ4v) is 2.79. The molecule has 4 atom stereocenters. The minimum Gasteiger partial charge on any atom is -0.394 e. The Bertz CT molecular complexity index is 731. The molecule has 6 N–H and O–H groups in total. The summed E-state index contributed by atoms with van der Waals surface area (Å²) in [5.41, 5.74) is 11.7. The van der Waals surface area contributed by atoms with Crippen molar-refractivity contribution in [3.8, 4) is 0 Å². The summed E-state index contributed by atoms with van der Waals surface area (Å²) in [5.74, 6) is -0.829. The van der Waals surface area contributed by atoms with Crippen LogP contribution < -0.4 is 11.5 Å². The number of carbonyl (C=O) groups excluding carboxylic acids is 1. The number of carbonyl (C=O) groups is 1. The van der Waals surface area contributed by atoms with Gasteiger partial charge in [0.15, 0.2) is 6.23 Å². The van der Waals surface area contributed by atoms with E-state index < -0.39 is 24.3 Å². The number of aromatic nitrogens is 3. The van der Waals surface area contributed by atoms with Gasteiger partial charge in [0.25, 0.3) is 5.91 Å². The number of primary amides is 1. The Morgan fingerprint density at radius 1 is 1.50 bits per heavy atom. The maximum Gasteiger partial charge on any atom is 0.251 e. The molecule has 3 heterocycles. The van der Waals surface area contributed by atoms with Gasteiger partial charge in [-0.2, -0.15) is 0 Å². The van der Waals surface area contributed by atoms with E-state index in [9.17, 15) is 15.0 Å². The van der Waals surface area contributed by atoms with Crippen molar-refractivity contribution in [3.05, 3.63) is 18.1 Å². The lowest BCUT2D eigenvalue weighted by atomic mass is 10.0. The molecule has 1 fully saturated rings. The van der Waals surface area contributed by atoms with Crippen LogP contribution in [-0.4, -0.2) is 49.5 Å². The fourth-order valence-electron chi connectivity index (χ4n) is 2.79. The predicted molar refractivity (Wildman–Crippen MR) is 76.6 cm³/mol. The van der Waals surface area contributed by atoms with Crippen LogP contribution in [-0.2, 0) is 4.74 Å². The van der Waals surface area contributed by atoms with Crippen LogP contribution in [0.25, 0.3) is 11.0 Å². The summed E-state index contributed by atoms with van der Waals surface area (Å²) >= 11 is 0. The van der Waals surface area contributed by atoms with Gasteiger partial charge >= 0.3 is 0 Å². The van der Waals surface area contributed by atoms with Crippen molar-refractivity contribution in [2.75, 3.05) is 12.3 Å². The minimum absolute atomic E-state index is 0.122. The highest BCUT2D eigenvalue weighted by molar-refractivity contribution is 6.08. The Labute approximate surface area is 125 Å². The summed E-state index contributed by atoms with van der Waals surface area (Å²) in [6.45, 7) is 1.56. The van der Waals surface area contributed by atoms with Gasteiger partial charge in [-0.1, -0.05) is 6.92 Å². The molecule has 0 bridgehead atoms. The van der Waals surface area contributed by atoms with Gasteiger partial charge < -0.3 is 31.0 Å². The Kier molecular flexibility index (Phi) is 3.47. The first-order valence-electron chi connectivity index (χ1n) is 6.81. The van der Waals surface area contributed by atoms with Gasteiger partial charge in [0, 0.05) is 12.1 Å². The number of fused-ring (bicyclic) bond motifs is 1. The molecule has 2 aromatic heterocycles. The summed E-state index contributed by atoms with van der Waals surface area (Å²) in [6.07, 6.45) is 0.529. The summed E-state index contributed by atoms with van der Waals surface area (Å²) < 4.78 is 7.18. The van der Waals surface area contributed by atoms with Crippen LogP contribution in [0.1, 0.15) is 23.5 Å². The number of ether oxygens (including phenoxy) is 1. The number of anilines is 1. The van der Waals surface area contributed by atoms with Crippen LogP contribution in [0.2, 0.25) is 0 Å². The van der Waals surface area contributed by atoms with Crippen molar-refractivity contribution >= 4 is 22.8 Å². The number of aliphatic hydroxyl groups excluding tert-OH is 2. The van der Waals surface area contributed by atoms with Crippen LogP contribution in [0.15, 0.2) is 12.5 Å². The number of hydrogen-bond acceptors (Lipinski definition) is 7. The zero-order valence-corrected chi connectivity index (χ0v) is 11.9. The molecule has 3 rings (SSSR count). The molecular weight excluding hydrogens is 290 g/mol. The van der Waals surface area contributed by atoms with Gasteiger partial charge in [0.1, 0.15) is 23.9 Å². The third-order valence-electron chi connectivity index (χ3n) is 4.09. The zero-order chi connectivity index (χ0) is 16.0. The van der Waals surface area contributed by atoms with E-state index in [1.54, 1.807) is 6.92 Å². The van der Waals surface area contributed by atoms with E-state index in [-0.39, 0.29) is 23.9 Å². The van der Waals surface area contributed by atoms with Crippen LogP contribution in [0.5, 0.6) is 0 Å². The maximum absolute atomic E-state index is 11.6. The second-order valence-corrected chi connectivity index (χ2v) is 5.37. The average Bonchev–Trinajstić information content (AvgIpc) is 3.00. The SMILES string of the molecule is C[C@@H]1[C@@H](CO)OC(n2cc(C(N)=O)c3c(N)ncnc32)[C@@H]1O. The lowest BCUT2D eigenvalue weighted by Crippen LogP contribution is -2.25. The molecule has 118 valence electrons. The number of nitrogens with zero attached hydrogens (tertiary/aromatic N) is 3. The molecule has 1 amide bonds. The highest BCUT2D eigenvalue weighted by Gasteiger charge is 2.42. The molecule has 1 aliphatic heterocycles. The third-order valence-corrected chi connectivity index (χ3v) is 4.09. The molecular formula is C13H17N5O4. The van der Waals surface area contributed by atoms with Crippen molar-refractivity contribution < 1.29 is 19.7 Å². The smallest absolute Gasteiger partial charge is 0.251 e. The van der Waals surface area contributed by atoms with E-state index in [0.717, 1.165) is 0 Å². The van der Waals surface area contributed by atoms with Gasteiger partial charge in [-0.25, -0.2) is 9.97 Å². The number of amides is 1. The normalized spacial score (nSPS) is 28.3. The van der Waals surface area contributed by atoms with E-state index in [0.29, 0.717) is 11.0 Å². The molecule has 9 nitrogen and oxygen atoms in total. The topological polar surface area (TPSA) is 150 Å². The molecule has 2 aromatic rings. The highest BCUT2D eigenvalue weighted by atomic mass is 16.5. The molecule has 0 aliphatic carbocycles. The quantitative estimate of drug-likeness (QED) is 0.568. The highest BCUT2D eigenvalue weighted by Crippen LogP contribution is 2.37. The first-order chi connectivity index (χ1) is 10.5. The van der Waals surface area contributed by atoms with Crippen LogP contribution in [0, 0.1) is 5.92 Å². The lowest BCUT2D eigenvalue weighted by molar-refractivity contribution is -0.0489. The van der Waals surface area contributed by atoms with Gasteiger partial charge in [-0.05, 0) is 0 Å². The number of rotatable bonds is 3. The monoisotopic (exact) mass is 307 g/mol. The summed E-state index contributed by atoms with van der Waals surface area (Å²) in [7, 11) is 0. The predicted octanol–water partition coefficient (Wildman–Crippen LogP) is -1.00. The summed E-state index contributed by atoms with van der Waals surface area (Å²) in [4.78, 5) is 19.6. The van der Waals surface area contributed by atoms with Crippen molar-refractivity contribution in [2.24, 2.45) is 11.7 Å². The van der Waals surface area contributed by atoms with E-state index in [1.807, 2.05) is 0 Å². The average molecular weight is 307 g/mol.